The van der Waals surface area contributed by atoms with Gasteiger partial charge in [0.2, 0.25) is 0 Å². The van der Waals surface area contributed by atoms with Crippen molar-refractivity contribution in [3.63, 3.8) is 0 Å². The van der Waals surface area contributed by atoms with E-state index < -0.39 is 0 Å². The van der Waals surface area contributed by atoms with E-state index in [-0.39, 0.29) is 5.75 Å². The summed E-state index contributed by atoms with van der Waals surface area (Å²) in [5.41, 5.74) is 1.21. The average molecular weight is 213 g/mol. The summed E-state index contributed by atoms with van der Waals surface area (Å²) in [6.45, 7) is 6.58. The lowest BCUT2D eigenvalue weighted by molar-refractivity contribution is 0.469. The molecule has 0 bridgehead atoms. The van der Waals surface area contributed by atoms with E-state index in [4.69, 9.17) is 11.6 Å². The van der Waals surface area contributed by atoms with Gasteiger partial charge in [-0.3, -0.25) is 0 Å². The van der Waals surface area contributed by atoms with Crippen molar-refractivity contribution in [2.45, 2.75) is 33.1 Å². The van der Waals surface area contributed by atoms with Crippen LogP contribution in [0.4, 0.5) is 0 Å². The quantitative estimate of drug-likeness (QED) is 0.797. The number of hydrogen-bond acceptors (Lipinski definition) is 1. The molecule has 0 fully saturated rings. The zero-order chi connectivity index (χ0) is 10.7. The Hall–Kier alpha value is -0.690. The summed E-state index contributed by atoms with van der Waals surface area (Å²) in [5.74, 6) is 1.28. The van der Waals surface area contributed by atoms with Crippen LogP contribution >= 0.6 is 11.6 Å². The summed E-state index contributed by atoms with van der Waals surface area (Å²) in [6, 6.07) is 5.49. The van der Waals surface area contributed by atoms with Crippen molar-refractivity contribution in [2.75, 3.05) is 0 Å². The molecule has 1 aromatic carbocycles. The summed E-state index contributed by atoms with van der Waals surface area (Å²) >= 11 is 5.87. The van der Waals surface area contributed by atoms with Crippen molar-refractivity contribution in [2.24, 2.45) is 5.92 Å². The Labute approximate surface area is 90.7 Å². The van der Waals surface area contributed by atoms with E-state index in [1.54, 1.807) is 6.07 Å². The minimum Gasteiger partial charge on any atom is -0.506 e. The number of benzene rings is 1. The van der Waals surface area contributed by atoms with Crippen LogP contribution in [0.3, 0.4) is 0 Å². The summed E-state index contributed by atoms with van der Waals surface area (Å²) in [4.78, 5) is 0. The summed E-state index contributed by atoms with van der Waals surface area (Å²) in [7, 11) is 0. The molecule has 0 aliphatic rings. The Kier molecular flexibility index (Phi) is 3.82. The van der Waals surface area contributed by atoms with E-state index >= 15 is 0 Å². The summed E-state index contributed by atoms with van der Waals surface area (Å²) in [5, 5.41) is 9.75. The standard InChI is InChI=1S/C12H17ClO/c1-4-10(8(2)3)9-5-6-12(14)11(13)7-9/h5-8,10,14H,4H2,1-3H3. The Morgan fingerprint density at radius 1 is 1.36 bits per heavy atom. The molecule has 1 unspecified atom stereocenters. The van der Waals surface area contributed by atoms with Crippen LogP contribution in [0, 0.1) is 5.92 Å². The molecule has 78 valence electrons. The van der Waals surface area contributed by atoms with Gasteiger partial charge in [0.1, 0.15) is 5.75 Å². The molecule has 0 heterocycles. The third-order valence-corrected chi connectivity index (χ3v) is 2.95. The van der Waals surface area contributed by atoms with Gasteiger partial charge in [0.25, 0.3) is 0 Å². The maximum absolute atomic E-state index is 9.30. The van der Waals surface area contributed by atoms with Gasteiger partial charge in [-0.1, -0.05) is 38.4 Å². The minimum atomic E-state index is 0.161. The van der Waals surface area contributed by atoms with Gasteiger partial charge >= 0.3 is 0 Å². The Bertz CT molecular complexity index is 307. The van der Waals surface area contributed by atoms with E-state index in [2.05, 4.69) is 20.8 Å². The van der Waals surface area contributed by atoms with Gasteiger partial charge in [-0.05, 0) is 36.0 Å². The average Bonchev–Trinajstić information content (AvgIpc) is 2.11. The fourth-order valence-corrected chi connectivity index (χ4v) is 2.03. The van der Waals surface area contributed by atoms with Crippen molar-refractivity contribution in [1.29, 1.82) is 0 Å². The molecule has 1 rings (SSSR count). The van der Waals surface area contributed by atoms with Crippen LogP contribution in [0.5, 0.6) is 5.75 Å². The first kappa shape index (κ1) is 11.4. The van der Waals surface area contributed by atoms with Crippen molar-refractivity contribution in [1.82, 2.24) is 0 Å². The maximum atomic E-state index is 9.30. The van der Waals surface area contributed by atoms with E-state index in [1.165, 1.54) is 5.56 Å². The normalized spacial score (nSPS) is 13.2. The topological polar surface area (TPSA) is 20.2 Å². The largest absolute Gasteiger partial charge is 0.506 e. The lowest BCUT2D eigenvalue weighted by atomic mass is 9.86. The fraction of sp³-hybridized carbons (Fsp3) is 0.500. The monoisotopic (exact) mass is 212 g/mol. The second-order valence-electron chi connectivity index (χ2n) is 3.97. The number of halogens is 1. The van der Waals surface area contributed by atoms with Crippen LogP contribution in [-0.2, 0) is 0 Å². The van der Waals surface area contributed by atoms with Crippen LogP contribution in [0.15, 0.2) is 18.2 Å². The predicted molar refractivity (Wildman–Crippen MR) is 61.0 cm³/mol. The lowest BCUT2D eigenvalue weighted by Gasteiger charge is -2.19. The van der Waals surface area contributed by atoms with Gasteiger partial charge in [0, 0.05) is 0 Å². The molecule has 1 N–H and O–H groups in total. The molecule has 0 saturated heterocycles. The van der Waals surface area contributed by atoms with Gasteiger partial charge in [0.15, 0.2) is 0 Å². The Morgan fingerprint density at radius 3 is 2.43 bits per heavy atom. The molecule has 0 aliphatic heterocycles. The lowest BCUT2D eigenvalue weighted by Crippen LogP contribution is -2.05. The van der Waals surface area contributed by atoms with Crippen LogP contribution in [0.1, 0.15) is 38.7 Å². The zero-order valence-corrected chi connectivity index (χ0v) is 9.67. The highest BCUT2D eigenvalue weighted by atomic mass is 35.5. The highest BCUT2D eigenvalue weighted by Crippen LogP contribution is 2.32. The number of aromatic hydroxyl groups is 1. The number of hydrogen-bond donors (Lipinski definition) is 1. The first-order valence-corrected chi connectivity index (χ1v) is 5.42. The summed E-state index contributed by atoms with van der Waals surface area (Å²) < 4.78 is 0. The molecular formula is C12H17ClO. The molecule has 0 aromatic heterocycles. The highest BCUT2D eigenvalue weighted by Gasteiger charge is 2.14. The molecule has 1 atom stereocenters. The van der Waals surface area contributed by atoms with Gasteiger partial charge < -0.3 is 5.11 Å². The predicted octanol–water partition coefficient (Wildman–Crippen LogP) is 4.20. The summed E-state index contributed by atoms with van der Waals surface area (Å²) in [6.07, 6.45) is 1.10. The molecule has 1 aromatic rings. The molecule has 0 saturated carbocycles. The minimum absolute atomic E-state index is 0.161. The number of phenols is 1. The Balaban J connectivity index is 3.00. The van der Waals surface area contributed by atoms with Gasteiger partial charge in [-0.15, -0.1) is 0 Å². The zero-order valence-electron chi connectivity index (χ0n) is 8.92. The fourth-order valence-electron chi connectivity index (χ4n) is 1.85. The van der Waals surface area contributed by atoms with Crippen LogP contribution in [0.2, 0.25) is 5.02 Å². The van der Waals surface area contributed by atoms with Crippen LogP contribution < -0.4 is 0 Å². The van der Waals surface area contributed by atoms with Crippen LogP contribution in [0.25, 0.3) is 0 Å². The SMILES string of the molecule is CCC(c1ccc(O)c(Cl)c1)C(C)C. The number of phenolic OH excluding ortho intramolecular Hbond substituents is 1. The van der Waals surface area contributed by atoms with Crippen LogP contribution in [-0.4, -0.2) is 5.11 Å². The molecule has 0 amide bonds. The Morgan fingerprint density at radius 2 is 2.00 bits per heavy atom. The van der Waals surface area contributed by atoms with Gasteiger partial charge in [-0.2, -0.15) is 0 Å². The van der Waals surface area contributed by atoms with Gasteiger partial charge in [0.05, 0.1) is 5.02 Å². The van der Waals surface area contributed by atoms with E-state index in [1.807, 2.05) is 12.1 Å². The van der Waals surface area contributed by atoms with Gasteiger partial charge in [-0.25, -0.2) is 0 Å². The number of rotatable bonds is 3. The van der Waals surface area contributed by atoms with E-state index in [0.717, 1.165) is 6.42 Å². The first-order valence-electron chi connectivity index (χ1n) is 5.04. The smallest absolute Gasteiger partial charge is 0.134 e. The molecule has 14 heavy (non-hydrogen) atoms. The highest BCUT2D eigenvalue weighted by molar-refractivity contribution is 6.32. The molecule has 0 radical (unpaired) electrons. The first-order chi connectivity index (χ1) is 6.56. The van der Waals surface area contributed by atoms with E-state index in [0.29, 0.717) is 16.9 Å². The maximum Gasteiger partial charge on any atom is 0.134 e. The van der Waals surface area contributed by atoms with Crippen molar-refractivity contribution in [3.05, 3.63) is 28.8 Å². The second kappa shape index (κ2) is 4.70. The van der Waals surface area contributed by atoms with E-state index in [9.17, 15) is 5.11 Å². The van der Waals surface area contributed by atoms with Crippen molar-refractivity contribution >= 4 is 11.6 Å². The third kappa shape index (κ3) is 2.42. The van der Waals surface area contributed by atoms with Crippen molar-refractivity contribution in [3.8, 4) is 5.75 Å². The third-order valence-electron chi connectivity index (χ3n) is 2.64. The second-order valence-corrected chi connectivity index (χ2v) is 4.38. The molecule has 2 heteroatoms. The molecule has 0 spiro atoms. The van der Waals surface area contributed by atoms with Crippen molar-refractivity contribution < 1.29 is 5.11 Å². The molecule has 0 aliphatic carbocycles. The molecular weight excluding hydrogens is 196 g/mol. The molecule has 1 nitrogen and oxygen atoms in total.